The van der Waals surface area contributed by atoms with E-state index in [0.29, 0.717) is 11.4 Å². The van der Waals surface area contributed by atoms with Crippen molar-refractivity contribution in [1.29, 1.82) is 0 Å². The summed E-state index contributed by atoms with van der Waals surface area (Å²) in [7, 11) is -8.66. The molecule has 0 heterocycles. The molecule has 0 aromatic heterocycles. The molecule has 0 aliphatic carbocycles. The maximum absolute atomic E-state index is 11.1. The first-order valence-corrected chi connectivity index (χ1v) is 11.0. The van der Waals surface area contributed by atoms with Gasteiger partial charge in [-0.25, -0.2) is 0 Å². The Kier molecular flexibility index (Phi) is 6.52. The molecular formula is C14H13Cl3N2O6S2. The largest absolute Gasteiger partial charge is 0.362 e. The lowest BCUT2D eigenvalue weighted by Crippen LogP contribution is -2.40. The topological polar surface area (TPSA) is 133 Å². The number of benzene rings is 2. The van der Waals surface area contributed by atoms with Gasteiger partial charge in [-0.2, -0.15) is 16.8 Å². The summed E-state index contributed by atoms with van der Waals surface area (Å²) in [5, 5.41) is 5.68. The van der Waals surface area contributed by atoms with Gasteiger partial charge >= 0.3 is 0 Å². The lowest BCUT2D eigenvalue weighted by atomic mass is 10.3. The van der Waals surface area contributed by atoms with Crippen molar-refractivity contribution in [2.75, 3.05) is 10.6 Å². The zero-order valence-corrected chi connectivity index (χ0v) is 17.1. The predicted molar refractivity (Wildman–Crippen MR) is 104 cm³/mol. The number of alkyl halides is 3. The van der Waals surface area contributed by atoms with Crippen LogP contribution in [0.2, 0.25) is 0 Å². The van der Waals surface area contributed by atoms with E-state index in [9.17, 15) is 16.8 Å². The molecule has 0 spiro atoms. The number of halogens is 3. The third-order valence-electron chi connectivity index (χ3n) is 3.25. The van der Waals surface area contributed by atoms with Crippen molar-refractivity contribution in [3.8, 4) is 0 Å². The first kappa shape index (κ1) is 22.0. The summed E-state index contributed by atoms with van der Waals surface area (Å²) in [6.07, 6.45) is -1.00. The van der Waals surface area contributed by atoms with Crippen molar-refractivity contribution in [3.63, 3.8) is 0 Å². The number of hydrogen-bond donors (Lipinski definition) is 4. The molecule has 8 nitrogen and oxygen atoms in total. The van der Waals surface area contributed by atoms with Crippen LogP contribution < -0.4 is 10.6 Å². The molecule has 27 heavy (non-hydrogen) atoms. The van der Waals surface area contributed by atoms with Crippen LogP contribution in [0.1, 0.15) is 0 Å². The van der Waals surface area contributed by atoms with Crippen LogP contribution in [0.25, 0.3) is 0 Å². The van der Waals surface area contributed by atoms with Crippen LogP contribution in [0.4, 0.5) is 11.4 Å². The minimum atomic E-state index is -4.33. The van der Waals surface area contributed by atoms with Gasteiger partial charge in [0.15, 0.2) is 0 Å². The van der Waals surface area contributed by atoms with Gasteiger partial charge in [-0.3, -0.25) is 9.11 Å². The number of rotatable bonds is 6. The number of nitrogens with one attached hydrogen (secondary N) is 2. The summed E-state index contributed by atoms with van der Waals surface area (Å²) in [6.45, 7) is 0. The highest BCUT2D eigenvalue weighted by atomic mass is 35.6. The van der Waals surface area contributed by atoms with Gasteiger partial charge in [-0.1, -0.05) is 34.8 Å². The fourth-order valence-corrected chi connectivity index (χ4v) is 3.27. The van der Waals surface area contributed by atoms with E-state index in [-0.39, 0.29) is 9.79 Å². The molecule has 2 aromatic rings. The van der Waals surface area contributed by atoms with Gasteiger partial charge in [-0.15, -0.1) is 0 Å². The van der Waals surface area contributed by atoms with Crippen molar-refractivity contribution >= 4 is 66.4 Å². The minimum Gasteiger partial charge on any atom is -0.362 e. The van der Waals surface area contributed by atoms with Gasteiger partial charge < -0.3 is 10.6 Å². The Labute approximate surface area is 170 Å². The second-order valence-electron chi connectivity index (χ2n) is 5.26. The first-order valence-electron chi connectivity index (χ1n) is 7.02. The predicted octanol–water partition coefficient (Wildman–Crippen LogP) is 3.40. The molecule has 0 aliphatic heterocycles. The molecular weight excluding hydrogens is 463 g/mol. The summed E-state index contributed by atoms with van der Waals surface area (Å²) < 4.78 is 60.4. The standard InChI is InChI=1S/C14H13Cl3N2O6S2/c15-14(16,17)13(18-9-1-5-11(6-2-9)26(20,21)22)19-10-3-7-12(8-4-10)27(23,24)25/h1-8,13,18-19H,(H,20,21,22)(H,23,24,25). The molecule has 4 N–H and O–H groups in total. The lowest BCUT2D eigenvalue weighted by Gasteiger charge is -2.28. The second kappa shape index (κ2) is 8.00. The zero-order chi connectivity index (χ0) is 20.5. The SMILES string of the molecule is O=S(=O)(O)c1ccc(NC(Nc2ccc(S(=O)(=O)O)cc2)C(Cl)(Cl)Cl)cc1. The first-order chi connectivity index (χ1) is 12.3. The number of hydrogen-bond acceptors (Lipinski definition) is 6. The van der Waals surface area contributed by atoms with E-state index in [1.807, 2.05) is 0 Å². The molecule has 0 aliphatic rings. The fraction of sp³-hybridized carbons (Fsp3) is 0.143. The van der Waals surface area contributed by atoms with Crippen LogP contribution in [0.5, 0.6) is 0 Å². The molecule has 0 radical (unpaired) electrons. The van der Waals surface area contributed by atoms with Gasteiger partial charge in [0.2, 0.25) is 3.79 Å². The van der Waals surface area contributed by atoms with Gasteiger partial charge in [0, 0.05) is 11.4 Å². The maximum Gasteiger partial charge on any atom is 0.294 e. The van der Waals surface area contributed by atoms with Crippen LogP contribution >= 0.6 is 34.8 Å². The Bertz CT molecular complexity index is 927. The van der Waals surface area contributed by atoms with Gasteiger partial charge in [-0.05, 0) is 48.5 Å². The normalized spacial score (nSPS) is 12.8. The Morgan fingerprint density at radius 2 is 1.00 bits per heavy atom. The van der Waals surface area contributed by atoms with Crippen molar-refractivity contribution < 1.29 is 25.9 Å². The Hall–Kier alpha value is -1.27. The van der Waals surface area contributed by atoms with E-state index >= 15 is 0 Å². The third-order valence-corrected chi connectivity index (χ3v) is 5.64. The smallest absolute Gasteiger partial charge is 0.294 e. The molecule has 2 rings (SSSR count). The summed E-state index contributed by atoms with van der Waals surface area (Å²) >= 11 is 17.8. The average Bonchev–Trinajstić information content (AvgIpc) is 2.52. The van der Waals surface area contributed by atoms with Crippen molar-refractivity contribution in [2.45, 2.75) is 19.7 Å². The molecule has 0 fully saturated rings. The van der Waals surface area contributed by atoms with E-state index in [0.717, 1.165) is 24.3 Å². The highest BCUT2D eigenvalue weighted by Gasteiger charge is 2.33. The molecule has 0 amide bonds. The lowest BCUT2D eigenvalue weighted by molar-refractivity contribution is 0.481. The van der Waals surface area contributed by atoms with E-state index in [4.69, 9.17) is 43.9 Å². The molecule has 0 saturated heterocycles. The van der Waals surface area contributed by atoms with E-state index in [1.54, 1.807) is 0 Å². The van der Waals surface area contributed by atoms with E-state index in [2.05, 4.69) is 10.6 Å². The van der Waals surface area contributed by atoms with Crippen LogP contribution in [0.15, 0.2) is 58.3 Å². The highest BCUT2D eigenvalue weighted by molar-refractivity contribution is 7.86. The molecule has 13 heteroatoms. The van der Waals surface area contributed by atoms with Crippen LogP contribution in [0, 0.1) is 0 Å². The van der Waals surface area contributed by atoms with E-state index in [1.165, 1.54) is 24.3 Å². The molecule has 0 unspecified atom stereocenters. The Morgan fingerprint density at radius 1 is 0.704 bits per heavy atom. The second-order valence-corrected chi connectivity index (χ2v) is 10.5. The van der Waals surface area contributed by atoms with Gasteiger partial charge in [0.05, 0.1) is 9.79 Å². The van der Waals surface area contributed by atoms with Crippen molar-refractivity contribution in [2.24, 2.45) is 0 Å². The Balaban J connectivity index is 2.21. The molecule has 0 bridgehead atoms. The minimum absolute atomic E-state index is 0.299. The summed E-state index contributed by atoms with van der Waals surface area (Å²) in [5.41, 5.74) is 0.751. The molecule has 2 aromatic carbocycles. The summed E-state index contributed by atoms with van der Waals surface area (Å²) in [6, 6.07) is 10.1. The highest BCUT2D eigenvalue weighted by Crippen LogP contribution is 2.33. The molecule has 0 saturated carbocycles. The Morgan fingerprint density at radius 3 is 1.22 bits per heavy atom. The average molecular weight is 476 g/mol. The fourth-order valence-electron chi connectivity index (χ4n) is 1.98. The van der Waals surface area contributed by atoms with Crippen LogP contribution in [-0.2, 0) is 20.2 Å². The summed E-state index contributed by atoms with van der Waals surface area (Å²) in [4.78, 5) is -0.598. The monoisotopic (exact) mass is 474 g/mol. The van der Waals surface area contributed by atoms with E-state index < -0.39 is 30.2 Å². The quantitative estimate of drug-likeness (QED) is 0.284. The third kappa shape index (κ3) is 6.39. The number of anilines is 2. The molecule has 0 atom stereocenters. The van der Waals surface area contributed by atoms with Gasteiger partial charge in [0.1, 0.15) is 6.17 Å². The van der Waals surface area contributed by atoms with Gasteiger partial charge in [0.25, 0.3) is 20.2 Å². The zero-order valence-electron chi connectivity index (χ0n) is 13.2. The molecule has 148 valence electrons. The van der Waals surface area contributed by atoms with Crippen LogP contribution in [-0.4, -0.2) is 35.9 Å². The summed E-state index contributed by atoms with van der Waals surface area (Å²) in [5.74, 6) is 0. The van der Waals surface area contributed by atoms with Crippen molar-refractivity contribution in [3.05, 3.63) is 48.5 Å². The van der Waals surface area contributed by atoms with Crippen molar-refractivity contribution in [1.82, 2.24) is 0 Å². The maximum atomic E-state index is 11.1. The van der Waals surface area contributed by atoms with Crippen LogP contribution in [0.3, 0.4) is 0 Å².